The first-order valence-electron chi connectivity index (χ1n) is 12.1. The fourth-order valence-corrected chi connectivity index (χ4v) is 5.53. The highest BCUT2D eigenvalue weighted by molar-refractivity contribution is 5.53. The number of hydrogen-bond donors (Lipinski definition) is 1. The van der Waals surface area contributed by atoms with Crippen molar-refractivity contribution in [3.63, 3.8) is 0 Å². The van der Waals surface area contributed by atoms with Crippen molar-refractivity contribution in [3.8, 4) is 17.2 Å². The van der Waals surface area contributed by atoms with Crippen molar-refractivity contribution in [1.82, 2.24) is 4.90 Å². The van der Waals surface area contributed by atoms with E-state index in [-0.39, 0.29) is 11.7 Å². The summed E-state index contributed by atoms with van der Waals surface area (Å²) in [5.74, 6) is 2.25. The van der Waals surface area contributed by atoms with Gasteiger partial charge in [0.2, 0.25) is 0 Å². The first-order chi connectivity index (χ1) is 16.2. The van der Waals surface area contributed by atoms with E-state index in [9.17, 15) is 5.11 Å². The van der Waals surface area contributed by atoms with Crippen LogP contribution in [0, 0.1) is 0 Å². The van der Waals surface area contributed by atoms with E-state index in [2.05, 4.69) is 59.5 Å². The summed E-state index contributed by atoms with van der Waals surface area (Å²) < 4.78 is 11.5. The summed E-state index contributed by atoms with van der Waals surface area (Å²) in [5.41, 5.74) is 5.07. The average Bonchev–Trinajstić information content (AvgIpc) is 3.37. The molecule has 0 bridgehead atoms. The molecule has 2 unspecified atom stereocenters. The number of phenols is 1. The Morgan fingerprint density at radius 3 is 2.42 bits per heavy atom. The Morgan fingerprint density at radius 1 is 0.939 bits per heavy atom. The molecule has 4 heteroatoms. The fourth-order valence-electron chi connectivity index (χ4n) is 5.53. The van der Waals surface area contributed by atoms with E-state index in [0.29, 0.717) is 11.7 Å². The first kappa shape index (κ1) is 21.8. The summed E-state index contributed by atoms with van der Waals surface area (Å²) in [6, 6.07) is 23.3. The molecule has 2 atom stereocenters. The van der Waals surface area contributed by atoms with Gasteiger partial charge in [-0.25, -0.2) is 0 Å². The predicted molar refractivity (Wildman–Crippen MR) is 132 cm³/mol. The van der Waals surface area contributed by atoms with Gasteiger partial charge in [-0.2, -0.15) is 0 Å². The molecular weight excluding hydrogens is 410 g/mol. The highest BCUT2D eigenvalue weighted by Crippen LogP contribution is 2.48. The number of benzene rings is 3. The van der Waals surface area contributed by atoms with Gasteiger partial charge in [-0.05, 0) is 91.2 Å². The van der Waals surface area contributed by atoms with Crippen LogP contribution in [0.1, 0.15) is 53.4 Å². The lowest BCUT2D eigenvalue weighted by Gasteiger charge is -2.35. The van der Waals surface area contributed by atoms with E-state index in [4.69, 9.17) is 9.47 Å². The lowest BCUT2D eigenvalue weighted by atomic mass is 9.69. The molecule has 0 amide bonds. The van der Waals surface area contributed by atoms with E-state index in [1.807, 2.05) is 12.1 Å². The topological polar surface area (TPSA) is 41.9 Å². The summed E-state index contributed by atoms with van der Waals surface area (Å²) in [4.78, 5) is 2.47. The number of methoxy groups -OCH3 is 1. The zero-order valence-corrected chi connectivity index (χ0v) is 19.4. The van der Waals surface area contributed by atoms with Gasteiger partial charge in [0.1, 0.15) is 12.4 Å². The number of aromatic hydroxyl groups is 1. The number of rotatable bonds is 7. The van der Waals surface area contributed by atoms with Gasteiger partial charge in [-0.1, -0.05) is 42.5 Å². The van der Waals surface area contributed by atoms with Gasteiger partial charge in [0.05, 0.1) is 7.11 Å². The third-order valence-corrected chi connectivity index (χ3v) is 7.24. The second kappa shape index (κ2) is 9.88. The fraction of sp³-hybridized carbons (Fsp3) is 0.379. The second-order valence-corrected chi connectivity index (χ2v) is 9.22. The smallest absolute Gasteiger partial charge is 0.160 e. The van der Waals surface area contributed by atoms with Crippen LogP contribution in [-0.4, -0.2) is 43.4 Å². The number of nitrogens with zero attached hydrogens (tertiary/aromatic N) is 1. The minimum atomic E-state index is 0.198. The monoisotopic (exact) mass is 443 g/mol. The summed E-state index contributed by atoms with van der Waals surface area (Å²) in [5, 5.41) is 10.4. The Hall–Kier alpha value is -2.98. The minimum absolute atomic E-state index is 0.198. The van der Waals surface area contributed by atoms with E-state index in [0.717, 1.165) is 31.7 Å². The lowest BCUT2D eigenvalue weighted by Crippen LogP contribution is -2.25. The molecule has 0 saturated carbocycles. The van der Waals surface area contributed by atoms with Crippen molar-refractivity contribution in [1.29, 1.82) is 0 Å². The van der Waals surface area contributed by atoms with E-state index in [1.54, 1.807) is 7.11 Å². The zero-order chi connectivity index (χ0) is 22.6. The Bertz CT molecular complexity index is 1060. The molecule has 3 aromatic rings. The molecule has 4 nitrogen and oxygen atoms in total. The molecule has 1 aliphatic carbocycles. The second-order valence-electron chi connectivity index (χ2n) is 9.22. The Kier molecular flexibility index (Phi) is 6.54. The number of fused-ring (bicyclic) bond motifs is 1. The van der Waals surface area contributed by atoms with Crippen LogP contribution in [0.2, 0.25) is 0 Å². The van der Waals surface area contributed by atoms with Gasteiger partial charge in [0.15, 0.2) is 11.5 Å². The molecule has 5 rings (SSSR count). The maximum atomic E-state index is 10.4. The van der Waals surface area contributed by atoms with Gasteiger partial charge < -0.3 is 14.6 Å². The average molecular weight is 444 g/mol. The summed E-state index contributed by atoms with van der Waals surface area (Å²) >= 11 is 0. The largest absolute Gasteiger partial charge is 0.504 e. The van der Waals surface area contributed by atoms with Crippen molar-refractivity contribution in [2.24, 2.45) is 0 Å². The molecule has 0 aromatic heterocycles. The maximum Gasteiger partial charge on any atom is 0.160 e. The quantitative estimate of drug-likeness (QED) is 0.506. The highest BCUT2D eigenvalue weighted by atomic mass is 16.5. The van der Waals surface area contributed by atoms with Crippen molar-refractivity contribution >= 4 is 0 Å². The van der Waals surface area contributed by atoms with Crippen LogP contribution >= 0.6 is 0 Å². The number of likely N-dealkylation sites (tertiary alicyclic amines) is 1. The molecule has 0 spiro atoms. The van der Waals surface area contributed by atoms with Crippen molar-refractivity contribution in [2.75, 3.05) is 33.4 Å². The van der Waals surface area contributed by atoms with Gasteiger partial charge >= 0.3 is 0 Å². The SMILES string of the molecule is COc1cc2c(cc1O)CCC(c1ccccc1)C2c1ccc(OCCN2CCCC2)cc1. The molecule has 3 aromatic carbocycles. The molecule has 1 heterocycles. The molecule has 172 valence electrons. The maximum absolute atomic E-state index is 10.4. The van der Waals surface area contributed by atoms with E-state index >= 15 is 0 Å². The molecule has 2 aliphatic rings. The summed E-state index contributed by atoms with van der Waals surface area (Å²) in [6.07, 6.45) is 4.60. The molecular formula is C29H33NO3. The molecule has 33 heavy (non-hydrogen) atoms. The van der Waals surface area contributed by atoms with Gasteiger partial charge in [0, 0.05) is 12.5 Å². The minimum Gasteiger partial charge on any atom is -0.504 e. The molecule has 1 saturated heterocycles. The summed E-state index contributed by atoms with van der Waals surface area (Å²) in [6.45, 7) is 4.12. The van der Waals surface area contributed by atoms with Crippen LogP contribution in [-0.2, 0) is 6.42 Å². The normalized spacial score (nSPS) is 20.4. The molecule has 1 N–H and O–H groups in total. The van der Waals surface area contributed by atoms with Crippen LogP contribution in [0.25, 0.3) is 0 Å². The number of ether oxygens (including phenoxy) is 2. The molecule has 1 aliphatic heterocycles. The molecule has 1 fully saturated rings. The Labute approximate surface area is 196 Å². The predicted octanol–water partition coefficient (Wildman–Crippen LogP) is 5.74. The zero-order valence-electron chi connectivity index (χ0n) is 19.4. The van der Waals surface area contributed by atoms with Crippen LogP contribution in [0.5, 0.6) is 17.2 Å². The molecule has 0 radical (unpaired) electrons. The highest BCUT2D eigenvalue weighted by Gasteiger charge is 2.33. The van der Waals surface area contributed by atoms with E-state index < -0.39 is 0 Å². The Morgan fingerprint density at radius 2 is 1.70 bits per heavy atom. The van der Waals surface area contributed by atoms with Crippen molar-refractivity contribution < 1.29 is 14.6 Å². The van der Waals surface area contributed by atoms with Crippen LogP contribution in [0.15, 0.2) is 66.7 Å². The number of phenolic OH excluding ortho intramolecular Hbond substituents is 1. The Balaban J connectivity index is 1.42. The van der Waals surface area contributed by atoms with Gasteiger partial charge in [0.25, 0.3) is 0 Å². The first-order valence-corrected chi connectivity index (χ1v) is 12.1. The van der Waals surface area contributed by atoms with Gasteiger partial charge in [-0.15, -0.1) is 0 Å². The van der Waals surface area contributed by atoms with Crippen LogP contribution in [0.3, 0.4) is 0 Å². The lowest BCUT2D eigenvalue weighted by molar-refractivity contribution is 0.237. The van der Waals surface area contributed by atoms with Crippen LogP contribution < -0.4 is 9.47 Å². The third-order valence-electron chi connectivity index (χ3n) is 7.24. The van der Waals surface area contributed by atoms with Crippen LogP contribution in [0.4, 0.5) is 0 Å². The van der Waals surface area contributed by atoms with Crippen molar-refractivity contribution in [3.05, 3.63) is 89.0 Å². The number of hydrogen-bond acceptors (Lipinski definition) is 4. The third kappa shape index (κ3) is 4.72. The number of aryl methyl sites for hydroxylation is 1. The van der Waals surface area contributed by atoms with Gasteiger partial charge in [-0.3, -0.25) is 4.90 Å². The standard InChI is InChI=1S/C29H33NO3/c1-32-28-20-26-23(19-27(28)31)11-14-25(21-7-3-2-4-8-21)29(26)22-9-12-24(13-10-22)33-18-17-30-15-5-6-16-30/h2-4,7-10,12-13,19-20,25,29,31H,5-6,11,14-18H2,1H3. The summed E-state index contributed by atoms with van der Waals surface area (Å²) in [7, 11) is 1.61. The van der Waals surface area contributed by atoms with E-state index in [1.165, 1.54) is 48.2 Å². The van der Waals surface area contributed by atoms with Crippen molar-refractivity contribution in [2.45, 2.75) is 37.5 Å².